The number of anilines is 1. The van der Waals surface area contributed by atoms with E-state index in [1.54, 1.807) is 0 Å². The van der Waals surface area contributed by atoms with Crippen molar-refractivity contribution >= 4 is 50.5 Å². The van der Waals surface area contributed by atoms with E-state index in [4.69, 9.17) is 23.2 Å². The molecule has 1 aliphatic rings. The third-order valence-corrected chi connectivity index (χ3v) is 6.99. The van der Waals surface area contributed by atoms with E-state index >= 15 is 0 Å². The number of amides is 1. The van der Waals surface area contributed by atoms with E-state index in [2.05, 4.69) is 5.32 Å². The first-order valence-electron chi connectivity index (χ1n) is 8.25. The summed E-state index contributed by atoms with van der Waals surface area (Å²) < 4.78 is 26.9. The Hall–Kier alpha value is -2.20. The predicted octanol–water partition coefficient (Wildman–Crippen LogP) is 3.94. The molecular formula is C17H15Cl2N3O5S. The molecule has 0 spiro atoms. The lowest BCUT2D eigenvalue weighted by Gasteiger charge is -2.17. The van der Waals surface area contributed by atoms with E-state index in [-0.39, 0.29) is 31.9 Å². The Kier molecular flexibility index (Phi) is 5.90. The molecule has 0 radical (unpaired) electrons. The second-order valence-electron chi connectivity index (χ2n) is 6.13. The average molecular weight is 444 g/mol. The van der Waals surface area contributed by atoms with Crippen LogP contribution in [0.2, 0.25) is 10.0 Å². The lowest BCUT2D eigenvalue weighted by Crippen LogP contribution is -2.28. The van der Waals surface area contributed by atoms with Gasteiger partial charge in [0.2, 0.25) is 10.0 Å². The first-order valence-corrected chi connectivity index (χ1v) is 10.4. The van der Waals surface area contributed by atoms with Crippen molar-refractivity contribution in [3.63, 3.8) is 0 Å². The molecule has 1 amide bonds. The third kappa shape index (κ3) is 4.12. The highest BCUT2D eigenvalue weighted by Crippen LogP contribution is 2.30. The van der Waals surface area contributed by atoms with Crippen molar-refractivity contribution in [2.24, 2.45) is 0 Å². The topological polar surface area (TPSA) is 110 Å². The number of nitro benzene ring substituents is 1. The van der Waals surface area contributed by atoms with Crippen molar-refractivity contribution in [2.75, 3.05) is 18.4 Å². The number of rotatable bonds is 5. The fourth-order valence-corrected chi connectivity index (χ4v) is 5.07. The summed E-state index contributed by atoms with van der Waals surface area (Å²) in [6.45, 7) is 0.830. The van der Waals surface area contributed by atoms with E-state index in [1.807, 2.05) is 0 Å². The van der Waals surface area contributed by atoms with Gasteiger partial charge in [-0.05, 0) is 37.1 Å². The molecule has 2 aromatic rings. The molecule has 0 saturated carbocycles. The number of nitrogens with zero attached hydrogens (tertiary/aromatic N) is 2. The van der Waals surface area contributed by atoms with Crippen LogP contribution in [0.5, 0.6) is 0 Å². The number of benzene rings is 2. The van der Waals surface area contributed by atoms with Crippen LogP contribution in [0.3, 0.4) is 0 Å². The maximum absolute atomic E-state index is 12.8. The molecule has 148 valence electrons. The van der Waals surface area contributed by atoms with Crippen molar-refractivity contribution in [2.45, 2.75) is 17.7 Å². The molecule has 2 aromatic carbocycles. The molecule has 1 aliphatic heterocycles. The number of hydrogen-bond donors (Lipinski definition) is 1. The molecule has 1 fully saturated rings. The molecule has 8 nitrogen and oxygen atoms in total. The summed E-state index contributed by atoms with van der Waals surface area (Å²) in [4.78, 5) is 22.7. The molecule has 1 saturated heterocycles. The number of carbonyl (C=O) groups excluding carboxylic acids is 1. The van der Waals surface area contributed by atoms with Crippen molar-refractivity contribution in [1.29, 1.82) is 0 Å². The van der Waals surface area contributed by atoms with Crippen molar-refractivity contribution < 1.29 is 18.1 Å². The van der Waals surface area contributed by atoms with E-state index in [1.165, 1.54) is 34.6 Å². The molecule has 1 N–H and O–H groups in total. The van der Waals surface area contributed by atoms with Gasteiger partial charge in [-0.3, -0.25) is 14.9 Å². The van der Waals surface area contributed by atoms with Gasteiger partial charge in [0.05, 0.1) is 20.5 Å². The lowest BCUT2D eigenvalue weighted by molar-refractivity contribution is -0.384. The monoisotopic (exact) mass is 443 g/mol. The average Bonchev–Trinajstić information content (AvgIpc) is 3.19. The fourth-order valence-electron chi connectivity index (χ4n) is 2.85. The molecule has 28 heavy (non-hydrogen) atoms. The number of nitrogens with one attached hydrogen (secondary N) is 1. The Morgan fingerprint density at radius 3 is 2.36 bits per heavy atom. The van der Waals surface area contributed by atoms with Crippen molar-refractivity contribution in [3.05, 3.63) is 62.1 Å². The highest BCUT2D eigenvalue weighted by atomic mass is 35.5. The maximum Gasteiger partial charge on any atom is 0.270 e. The fraction of sp³-hybridized carbons (Fsp3) is 0.235. The summed E-state index contributed by atoms with van der Waals surface area (Å²) in [6.07, 6.45) is 1.55. The van der Waals surface area contributed by atoms with E-state index in [0.717, 1.165) is 18.9 Å². The summed E-state index contributed by atoms with van der Waals surface area (Å²) >= 11 is 12.0. The van der Waals surface area contributed by atoms with Gasteiger partial charge >= 0.3 is 0 Å². The maximum atomic E-state index is 12.8. The quantitative estimate of drug-likeness (QED) is 0.555. The zero-order chi connectivity index (χ0) is 20.5. The van der Waals surface area contributed by atoms with Crippen LogP contribution in [0.1, 0.15) is 23.2 Å². The standard InChI is InChI=1S/C17H15Cl2N3O5S/c18-14-6-4-12(22(24)25)10-13(14)17(23)20-11-3-5-15(19)16(9-11)28(26,27)21-7-1-2-8-21/h3-6,9-10H,1-2,7-8H2,(H,20,23). The van der Waals surface area contributed by atoms with Crippen LogP contribution in [-0.4, -0.2) is 36.6 Å². The molecule has 11 heteroatoms. The largest absolute Gasteiger partial charge is 0.322 e. The Labute approximate surface area is 171 Å². The summed E-state index contributed by atoms with van der Waals surface area (Å²) in [5.41, 5.74) is -0.215. The molecule has 0 bridgehead atoms. The Morgan fingerprint density at radius 2 is 1.71 bits per heavy atom. The van der Waals surface area contributed by atoms with Gasteiger partial charge in [0.15, 0.2) is 0 Å². The van der Waals surface area contributed by atoms with Crippen LogP contribution in [0, 0.1) is 10.1 Å². The first-order chi connectivity index (χ1) is 13.2. The Balaban J connectivity index is 1.91. The number of sulfonamides is 1. The molecule has 0 unspecified atom stereocenters. The summed E-state index contributed by atoms with van der Waals surface area (Å²) in [7, 11) is -3.78. The molecule has 1 heterocycles. The van der Waals surface area contributed by atoms with E-state index < -0.39 is 20.9 Å². The van der Waals surface area contributed by atoms with Crippen LogP contribution in [0.15, 0.2) is 41.3 Å². The minimum Gasteiger partial charge on any atom is -0.322 e. The van der Waals surface area contributed by atoms with Gasteiger partial charge in [-0.1, -0.05) is 23.2 Å². The summed E-state index contributed by atoms with van der Waals surface area (Å²) in [5, 5.41) is 13.5. The van der Waals surface area contributed by atoms with Gasteiger partial charge in [-0.25, -0.2) is 8.42 Å². The summed E-state index contributed by atoms with van der Waals surface area (Å²) in [6, 6.07) is 7.56. The number of nitro groups is 1. The third-order valence-electron chi connectivity index (χ3n) is 4.28. The van der Waals surface area contributed by atoms with Crippen LogP contribution in [0.25, 0.3) is 0 Å². The SMILES string of the molecule is O=C(Nc1ccc(Cl)c(S(=O)(=O)N2CCCC2)c1)c1cc([N+](=O)[O-])ccc1Cl. The highest BCUT2D eigenvalue weighted by molar-refractivity contribution is 7.89. The second-order valence-corrected chi connectivity index (χ2v) is 8.85. The van der Waals surface area contributed by atoms with Crippen molar-refractivity contribution in [1.82, 2.24) is 4.31 Å². The molecule has 0 atom stereocenters. The van der Waals surface area contributed by atoms with Crippen LogP contribution < -0.4 is 5.32 Å². The molecule has 3 rings (SSSR count). The van der Waals surface area contributed by atoms with Crippen LogP contribution >= 0.6 is 23.2 Å². The van der Waals surface area contributed by atoms with Gasteiger partial charge in [-0.2, -0.15) is 4.31 Å². The number of hydrogen-bond acceptors (Lipinski definition) is 5. The molecular weight excluding hydrogens is 429 g/mol. The van der Waals surface area contributed by atoms with Crippen LogP contribution in [-0.2, 0) is 10.0 Å². The molecule has 0 aromatic heterocycles. The Bertz CT molecular complexity index is 1050. The van der Waals surface area contributed by atoms with Gasteiger partial charge in [0, 0.05) is 30.9 Å². The number of halogens is 2. The minimum atomic E-state index is -3.78. The van der Waals surface area contributed by atoms with E-state index in [0.29, 0.717) is 13.1 Å². The van der Waals surface area contributed by atoms with Crippen LogP contribution in [0.4, 0.5) is 11.4 Å². The summed E-state index contributed by atoms with van der Waals surface area (Å²) in [5.74, 6) is -0.708. The highest BCUT2D eigenvalue weighted by Gasteiger charge is 2.29. The van der Waals surface area contributed by atoms with Crippen molar-refractivity contribution in [3.8, 4) is 0 Å². The second kappa shape index (κ2) is 8.04. The first kappa shape index (κ1) is 20.5. The Morgan fingerprint density at radius 1 is 1.07 bits per heavy atom. The van der Waals surface area contributed by atoms with Gasteiger partial charge in [-0.15, -0.1) is 0 Å². The van der Waals surface area contributed by atoms with Gasteiger partial charge in [0.1, 0.15) is 4.90 Å². The smallest absolute Gasteiger partial charge is 0.270 e. The van der Waals surface area contributed by atoms with Gasteiger partial charge in [0.25, 0.3) is 11.6 Å². The van der Waals surface area contributed by atoms with Gasteiger partial charge < -0.3 is 5.32 Å². The minimum absolute atomic E-state index is 0.0296. The zero-order valence-corrected chi connectivity index (χ0v) is 16.7. The predicted molar refractivity (Wildman–Crippen MR) is 106 cm³/mol. The lowest BCUT2D eigenvalue weighted by atomic mass is 10.2. The molecule has 0 aliphatic carbocycles. The number of non-ortho nitro benzene ring substituents is 1. The zero-order valence-electron chi connectivity index (χ0n) is 14.4. The normalized spacial score (nSPS) is 14.8. The van der Waals surface area contributed by atoms with E-state index in [9.17, 15) is 23.3 Å². The number of carbonyl (C=O) groups is 1.